The molecule has 1 aliphatic heterocycles. The number of fused-ring (bicyclic) bond motifs is 6. The maximum Gasteiger partial charge on any atom is 0.159 e. The second kappa shape index (κ2) is 5.71. The van der Waals surface area contributed by atoms with Gasteiger partial charge in [-0.2, -0.15) is 0 Å². The van der Waals surface area contributed by atoms with Gasteiger partial charge >= 0.3 is 0 Å². The van der Waals surface area contributed by atoms with Gasteiger partial charge in [-0.15, -0.1) is 23.1 Å². The van der Waals surface area contributed by atoms with Gasteiger partial charge in [-0.3, -0.25) is 0 Å². The zero-order chi connectivity index (χ0) is 17.3. The average Bonchev–Trinajstić information content (AvgIpc) is 3.25. The molecule has 0 spiro atoms. The number of aromatic amines is 1. The molecule has 0 amide bonds. The molecule has 0 radical (unpaired) electrons. The van der Waals surface area contributed by atoms with Crippen molar-refractivity contribution in [2.75, 3.05) is 0 Å². The second-order valence-corrected chi connectivity index (χ2v) is 12.0. The summed E-state index contributed by atoms with van der Waals surface area (Å²) in [5.74, 6) is 3.19. The molecule has 1 nitrogen and oxygen atoms in total. The van der Waals surface area contributed by atoms with Crippen molar-refractivity contribution < 1.29 is 0 Å². The van der Waals surface area contributed by atoms with Crippen LogP contribution in [0.25, 0.3) is 0 Å². The topological polar surface area (TPSA) is 15.8 Å². The summed E-state index contributed by atoms with van der Waals surface area (Å²) in [6.45, 7) is 6.88. The van der Waals surface area contributed by atoms with E-state index in [1.54, 1.807) is 0 Å². The molecule has 5 atom stereocenters. The minimum absolute atomic E-state index is 0.214. The van der Waals surface area contributed by atoms with Crippen molar-refractivity contribution in [1.29, 1.82) is 0 Å². The monoisotopic (exact) mass is 387 g/mol. The van der Waals surface area contributed by atoms with Crippen molar-refractivity contribution >= 4 is 35.3 Å². The van der Waals surface area contributed by atoms with Gasteiger partial charge in [0.05, 0.1) is 5.03 Å². The maximum absolute atomic E-state index is 5.51. The summed E-state index contributed by atoms with van der Waals surface area (Å²) in [7, 11) is 0. The van der Waals surface area contributed by atoms with Crippen LogP contribution in [0.15, 0.2) is 29.3 Å². The Hall–Kier alpha value is -0.580. The summed E-state index contributed by atoms with van der Waals surface area (Å²) in [6.07, 6.45) is 4.33. The number of thiazole rings is 1. The van der Waals surface area contributed by atoms with Gasteiger partial charge in [0.1, 0.15) is 0 Å². The molecule has 1 aromatic carbocycles. The summed E-state index contributed by atoms with van der Waals surface area (Å²) in [4.78, 5) is 5.01. The Balaban J connectivity index is 1.61. The molecular weight excluding hydrogens is 362 g/mol. The zero-order valence-corrected chi connectivity index (χ0v) is 17.5. The van der Waals surface area contributed by atoms with Gasteiger partial charge in [0.15, 0.2) is 3.95 Å². The molecule has 0 saturated heterocycles. The number of aromatic nitrogens is 1. The van der Waals surface area contributed by atoms with E-state index in [4.69, 9.17) is 12.2 Å². The molecule has 2 aromatic rings. The summed E-state index contributed by atoms with van der Waals surface area (Å²) < 4.78 is 0.945. The van der Waals surface area contributed by atoms with Crippen molar-refractivity contribution in [3.05, 3.63) is 44.2 Å². The van der Waals surface area contributed by atoms with Crippen molar-refractivity contribution in [2.24, 2.45) is 17.8 Å². The highest BCUT2D eigenvalue weighted by molar-refractivity contribution is 8.00. The molecule has 4 heteroatoms. The lowest BCUT2D eigenvalue weighted by atomic mass is 9.74. The SMILES string of the molecule is CC(C)(C)c1ccc(C2c3sc(=S)[nH]c3SC3C4CCC(C4)C23)cc1. The fourth-order valence-corrected chi connectivity index (χ4v) is 8.75. The highest BCUT2D eigenvalue weighted by atomic mass is 32.2. The predicted molar refractivity (Wildman–Crippen MR) is 110 cm³/mol. The van der Waals surface area contributed by atoms with Crippen LogP contribution >= 0.6 is 35.3 Å². The lowest BCUT2D eigenvalue weighted by molar-refractivity contribution is 0.307. The summed E-state index contributed by atoms with van der Waals surface area (Å²) in [6, 6.07) is 9.50. The molecule has 2 bridgehead atoms. The first-order valence-electron chi connectivity index (χ1n) is 9.42. The van der Waals surface area contributed by atoms with Crippen LogP contribution in [0, 0.1) is 21.7 Å². The Kier molecular flexibility index (Phi) is 3.79. The van der Waals surface area contributed by atoms with Crippen LogP contribution in [0.4, 0.5) is 0 Å². The first-order chi connectivity index (χ1) is 11.9. The molecule has 1 N–H and O–H groups in total. The number of hydrogen-bond acceptors (Lipinski definition) is 3. The van der Waals surface area contributed by atoms with Crippen LogP contribution in [-0.2, 0) is 5.41 Å². The molecule has 2 fully saturated rings. The minimum atomic E-state index is 0.214. The number of benzene rings is 1. The number of H-pyrrole nitrogens is 1. The van der Waals surface area contributed by atoms with Gasteiger partial charge in [0.2, 0.25) is 0 Å². The zero-order valence-electron chi connectivity index (χ0n) is 15.0. The van der Waals surface area contributed by atoms with Crippen LogP contribution < -0.4 is 0 Å². The van der Waals surface area contributed by atoms with Crippen LogP contribution in [0.2, 0.25) is 0 Å². The number of thioether (sulfide) groups is 1. The lowest BCUT2D eigenvalue weighted by Crippen LogP contribution is -2.33. The molecule has 132 valence electrons. The van der Waals surface area contributed by atoms with Crippen molar-refractivity contribution in [3.8, 4) is 0 Å². The van der Waals surface area contributed by atoms with E-state index in [2.05, 4.69) is 61.8 Å². The fraction of sp³-hybridized carbons (Fsp3) is 0.571. The molecule has 5 unspecified atom stereocenters. The molecule has 2 aliphatic carbocycles. The van der Waals surface area contributed by atoms with E-state index in [1.807, 2.05) is 11.3 Å². The Bertz CT molecular complexity index is 855. The molecule has 1 aromatic heterocycles. The molecular formula is C21H25NS3. The highest BCUT2D eigenvalue weighted by Crippen LogP contribution is 2.64. The van der Waals surface area contributed by atoms with Crippen LogP contribution in [-0.4, -0.2) is 10.2 Å². The predicted octanol–water partition coefficient (Wildman–Crippen LogP) is 6.76. The number of rotatable bonds is 1. The van der Waals surface area contributed by atoms with E-state index in [1.165, 1.54) is 40.3 Å². The third kappa shape index (κ3) is 2.59. The molecule has 2 saturated carbocycles. The van der Waals surface area contributed by atoms with Gasteiger partial charge < -0.3 is 4.98 Å². The summed E-state index contributed by atoms with van der Waals surface area (Å²) in [5.41, 5.74) is 3.14. The minimum Gasteiger partial charge on any atom is -0.332 e. The van der Waals surface area contributed by atoms with E-state index in [9.17, 15) is 0 Å². The lowest BCUT2D eigenvalue weighted by Gasteiger charge is -2.40. The smallest absolute Gasteiger partial charge is 0.159 e. The third-order valence-corrected chi connectivity index (χ3v) is 9.58. The normalized spacial score (nSPS) is 33.3. The van der Waals surface area contributed by atoms with Crippen LogP contribution in [0.3, 0.4) is 0 Å². The van der Waals surface area contributed by atoms with Gasteiger partial charge in [0.25, 0.3) is 0 Å². The Morgan fingerprint density at radius 2 is 1.80 bits per heavy atom. The van der Waals surface area contributed by atoms with Gasteiger partial charge in [0, 0.05) is 16.0 Å². The first-order valence-corrected chi connectivity index (χ1v) is 11.5. The Morgan fingerprint density at radius 3 is 2.52 bits per heavy atom. The van der Waals surface area contributed by atoms with E-state index in [-0.39, 0.29) is 5.41 Å². The van der Waals surface area contributed by atoms with Crippen molar-refractivity contribution in [2.45, 2.75) is 61.6 Å². The summed E-state index contributed by atoms with van der Waals surface area (Å²) >= 11 is 9.43. The number of nitrogens with one attached hydrogen (secondary N) is 1. The quantitative estimate of drug-likeness (QED) is 0.544. The highest BCUT2D eigenvalue weighted by Gasteiger charge is 2.54. The largest absolute Gasteiger partial charge is 0.332 e. The number of hydrogen-bond donors (Lipinski definition) is 1. The van der Waals surface area contributed by atoms with E-state index in [0.717, 1.165) is 27.0 Å². The van der Waals surface area contributed by atoms with E-state index < -0.39 is 0 Å². The van der Waals surface area contributed by atoms with Crippen LogP contribution in [0.5, 0.6) is 0 Å². The van der Waals surface area contributed by atoms with E-state index in [0.29, 0.717) is 5.92 Å². The summed E-state index contributed by atoms with van der Waals surface area (Å²) in [5, 5.41) is 2.16. The standard InChI is InChI=1S/C21H25NS3/c1-21(2,3)14-8-6-11(7-9-14)15-16-12-4-5-13(10-12)17(16)24-19-18(15)25-20(23)22-19/h6-9,12-13,15-17H,4-5,10H2,1-3H3,(H,22,23). The fourth-order valence-electron chi connectivity index (χ4n) is 5.41. The van der Waals surface area contributed by atoms with Gasteiger partial charge in [-0.1, -0.05) is 45.0 Å². The molecule has 5 rings (SSSR count). The van der Waals surface area contributed by atoms with Crippen molar-refractivity contribution in [3.63, 3.8) is 0 Å². The first kappa shape index (κ1) is 16.6. The van der Waals surface area contributed by atoms with Crippen LogP contribution in [0.1, 0.15) is 62.0 Å². The molecule has 25 heavy (non-hydrogen) atoms. The van der Waals surface area contributed by atoms with Gasteiger partial charge in [-0.25, -0.2) is 0 Å². The Morgan fingerprint density at radius 1 is 1.08 bits per heavy atom. The van der Waals surface area contributed by atoms with Crippen molar-refractivity contribution in [1.82, 2.24) is 4.98 Å². The molecule has 3 aliphatic rings. The average molecular weight is 388 g/mol. The second-order valence-electron chi connectivity index (χ2n) is 9.05. The Labute approximate surface area is 163 Å². The third-order valence-electron chi connectivity index (χ3n) is 6.60. The van der Waals surface area contributed by atoms with Gasteiger partial charge in [-0.05, 0) is 65.8 Å². The van der Waals surface area contributed by atoms with E-state index >= 15 is 0 Å². The maximum atomic E-state index is 5.51. The molecule has 2 heterocycles.